The minimum atomic E-state index is -3.44. The summed E-state index contributed by atoms with van der Waals surface area (Å²) in [7, 11) is -3.44. The molecule has 0 amide bonds. The molecule has 0 aromatic heterocycles. The van der Waals surface area contributed by atoms with Gasteiger partial charge in [0, 0.05) is 18.8 Å². The number of sulfonamides is 1. The third-order valence-corrected chi connectivity index (χ3v) is 5.65. The fourth-order valence-electron chi connectivity index (χ4n) is 2.71. The molecule has 0 saturated carbocycles. The summed E-state index contributed by atoms with van der Waals surface area (Å²) in [6.45, 7) is 6.07. The highest BCUT2D eigenvalue weighted by atomic mass is 35.5. The Morgan fingerprint density at radius 3 is 2.18 bits per heavy atom. The zero-order valence-corrected chi connectivity index (χ0v) is 17.7. The van der Waals surface area contributed by atoms with Crippen LogP contribution >= 0.6 is 12.4 Å². The van der Waals surface area contributed by atoms with Crippen molar-refractivity contribution < 1.29 is 8.42 Å². The molecule has 2 aromatic rings. The van der Waals surface area contributed by atoms with Crippen molar-refractivity contribution in [2.45, 2.75) is 25.2 Å². The maximum atomic E-state index is 12.3. The topological polar surface area (TPSA) is 82.6 Å². The molecule has 3 N–H and O–H groups in total. The number of aliphatic imine (C=N–C) groups is 1. The van der Waals surface area contributed by atoms with E-state index in [0.29, 0.717) is 11.4 Å². The molecule has 0 spiro atoms. The molecule has 28 heavy (non-hydrogen) atoms. The van der Waals surface area contributed by atoms with E-state index in [0.717, 1.165) is 42.3 Å². The molecule has 0 fully saturated rings. The van der Waals surface area contributed by atoms with E-state index in [9.17, 15) is 8.42 Å². The van der Waals surface area contributed by atoms with Gasteiger partial charge in [0.2, 0.25) is 10.0 Å². The molecule has 0 radical (unpaired) electrons. The minimum absolute atomic E-state index is 0. The fourth-order valence-corrected chi connectivity index (χ4v) is 3.92. The highest BCUT2D eigenvalue weighted by Crippen LogP contribution is 2.16. The number of hydrogen-bond donors (Lipinski definition) is 3. The summed E-state index contributed by atoms with van der Waals surface area (Å²) >= 11 is 0. The highest BCUT2D eigenvalue weighted by Gasteiger charge is 2.14. The second-order valence-corrected chi connectivity index (χ2v) is 8.81. The van der Waals surface area contributed by atoms with Crippen LogP contribution in [0.3, 0.4) is 0 Å². The molecule has 3 rings (SSSR count). The normalized spacial score (nSPS) is 13.6. The molecule has 8 heteroatoms. The molecule has 1 heterocycles. The van der Waals surface area contributed by atoms with Gasteiger partial charge < -0.3 is 10.6 Å². The second-order valence-electron chi connectivity index (χ2n) is 7.05. The van der Waals surface area contributed by atoms with Crippen LogP contribution in [0.25, 0.3) is 0 Å². The first-order valence-electron chi connectivity index (χ1n) is 9.15. The van der Waals surface area contributed by atoms with Gasteiger partial charge in [0.15, 0.2) is 5.96 Å². The van der Waals surface area contributed by atoms with Crippen molar-refractivity contribution in [3.05, 3.63) is 59.7 Å². The van der Waals surface area contributed by atoms with Crippen molar-refractivity contribution in [1.29, 1.82) is 0 Å². The summed E-state index contributed by atoms with van der Waals surface area (Å²) < 4.78 is 27.1. The van der Waals surface area contributed by atoms with Crippen LogP contribution in [0.2, 0.25) is 0 Å². The lowest BCUT2D eigenvalue weighted by atomic mass is 10.0. The smallest absolute Gasteiger partial charge is 0.240 e. The van der Waals surface area contributed by atoms with E-state index in [-0.39, 0.29) is 18.3 Å². The van der Waals surface area contributed by atoms with Gasteiger partial charge in [-0.05, 0) is 47.7 Å². The number of guanidine groups is 1. The molecule has 152 valence electrons. The van der Waals surface area contributed by atoms with E-state index in [2.05, 4.69) is 32.5 Å². The first kappa shape index (κ1) is 22.2. The quantitative estimate of drug-likeness (QED) is 0.640. The van der Waals surface area contributed by atoms with Crippen LogP contribution in [-0.4, -0.2) is 34.0 Å². The van der Waals surface area contributed by atoms with Crippen LogP contribution in [0, 0.1) is 5.92 Å². The molecule has 0 bridgehead atoms. The Kier molecular flexibility index (Phi) is 7.86. The summed E-state index contributed by atoms with van der Waals surface area (Å²) in [5.41, 5.74) is 3.22. The van der Waals surface area contributed by atoms with Crippen LogP contribution in [0.5, 0.6) is 0 Å². The number of nitrogens with zero attached hydrogens (tertiary/aromatic N) is 1. The molecule has 6 nitrogen and oxygen atoms in total. The molecule has 0 unspecified atom stereocenters. The molecule has 1 aliphatic heterocycles. The highest BCUT2D eigenvalue weighted by molar-refractivity contribution is 7.89. The van der Waals surface area contributed by atoms with E-state index in [1.807, 2.05) is 38.1 Å². The van der Waals surface area contributed by atoms with Gasteiger partial charge in [-0.15, -0.1) is 12.4 Å². The second kappa shape index (κ2) is 9.91. The third-order valence-electron chi connectivity index (χ3n) is 4.21. The van der Waals surface area contributed by atoms with Crippen LogP contribution < -0.4 is 15.4 Å². The Balaban J connectivity index is 0.00000280. The molecule has 2 aromatic carbocycles. The van der Waals surface area contributed by atoms with Gasteiger partial charge >= 0.3 is 0 Å². The molecule has 0 aliphatic carbocycles. The summed E-state index contributed by atoms with van der Waals surface area (Å²) in [5.74, 6) is 1.08. The Hall–Kier alpha value is -2.09. The number of benzene rings is 2. The third kappa shape index (κ3) is 6.22. The van der Waals surface area contributed by atoms with E-state index in [1.165, 1.54) is 0 Å². The Labute approximate surface area is 173 Å². The molecular weight excluding hydrogens is 396 g/mol. The van der Waals surface area contributed by atoms with Gasteiger partial charge in [0.05, 0.1) is 11.4 Å². The minimum Gasteiger partial charge on any atom is -0.354 e. The summed E-state index contributed by atoms with van der Waals surface area (Å²) in [6.07, 6.45) is 0.749. The Morgan fingerprint density at radius 2 is 1.64 bits per heavy atom. The lowest BCUT2D eigenvalue weighted by molar-refractivity contribution is 0.560. The largest absolute Gasteiger partial charge is 0.354 e. The van der Waals surface area contributed by atoms with Gasteiger partial charge in [-0.3, -0.25) is 4.99 Å². The van der Waals surface area contributed by atoms with E-state index < -0.39 is 10.0 Å². The van der Waals surface area contributed by atoms with Gasteiger partial charge in [-0.25, -0.2) is 13.1 Å². The zero-order chi connectivity index (χ0) is 19.3. The SMILES string of the molecule is CC(C)CNS(=O)(=O)c1ccc(Cc2ccc(NC3=NCCN3)cc2)cc1.Cl. The lowest BCUT2D eigenvalue weighted by Gasteiger charge is -2.10. The zero-order valence-electron chi connectivity index (χ0n) is 16.1. The van der Waals surface area contributed by atoms with Gasteiger partial charge in [-0.1, -0.05) is 38.1 Å². The van der Waals surface area contributed by atoms with E-state index >= 15 is 0 Å². The van der Waals surface area contributed by atoms with Gasteiger partial charge in [0.25, 0.3) is 0 Å². The summed E-state index contributed by atoms with van der Waals surface area (Å²) in [5, 5.41) is 6.42. The van der Waals surface area contributed by atoms with Crippen molar-refractivity contribution in [2.24, 2.45) is 10.9 Å². The molecule has 0 saturated heterocycles. The van der Waals surface area contributed by atoms with Crippen molar-refractivity contribution in [3.8, 4) is 0 Å². The first-order chi connectivity index (χ1) is 12.9. The lowest BCUT2D eigenvalue weighted by Crippen LogP contribution is -2.27. The van der Waals surface area contributed by atoms with Crippen LogP contribution in [0.4, 0.5) is 5.69 Å². The summed E-state index contributed by atoms with van der Waals surface area (Å²) in [6, 6.07) is 15.2. The van der Waals surface area contributed by atoms with Crippen LogP contribution in [0.1, 0.15) is 25.0 Å². The number of nitrogens with one attached hydrogen (secondary N) is 3. The van der Waals surface area contributed by atoms with Crippen molar-refractivity contribution >= 4 is 34.1 Å². The average Bonchev–Trinajstić information content (AvgIpc) is 3.15. The predicted molar refractivity (Wildman–Crippen MR) is 117 cm³/mol. The number of anilines is 1. The fraction of sp³-hybridized carbons (Fsp3) is 0.350. The van der Waals surface area contributed by atoms with Gasteiger partial charge in [0.1, 0.15) is 0 Å². The van der Waals surface area contributed by atoms with Crippen molar-refractivity contribution in [3.63, 3.8) is 0 Å². The number of hydrogen-bond acceptors (Lipinski definition) is 5. The molecule has 0 atom stereocenters. The van der Waals surface area contributed by atoms with Crippen molar-refractivity contribution in [1.82, 2.24) is 10.0 Å². The Bertz CT molecular complexity index is 895. The first-order valence-corrected chi connectivity index (χ1v) is 10.6. The molecular formula is C20H27ClN4O2S. The maximum absolute atomic E-state index is 12.3. The van der Waals surface area contributed by atoms with Crippen LogP contribution in [0.15, 0.2) is 58.4 Å². The van der Waals surface area contributed by atoms with Gasteiger partial charge in [-0.2, -0.15) is 0 Å². The average molecular weight is 423 g/mol. The maximum Gasteiger partial charge on any atom is 0.240 e. The number of halogens is 1. The Morgan fingerprint density at radius 1 is 1.04 bits per heavy atom. The monoisotopic (exact) mass is 422 g/mol. The standard InChI is InChI=1S/C20H26N4O2S.ClH/c1-15(2)14-23-27(25,26)19-9-5-17(6-10-19)13-16-3-7-18(8-4-16)24-20-21-11-12-22-20;/h3-10,15,23H,11-14H2,1-2H3,(H2,21,22,24);1H. The van der Waals surface area contributed by atoms with Crippen molar-refractivity contribution in [2.75, 3.05) is 25.0 Å². The summed E-state index contributed by atoms with van der Waals surface area (Å²) in [4.78, 5) is 4.61. The van der Waals surface area contributed by atoms with E-state index in [1.54, 1.807) is 12.1 Å². The van der Waals surface area contributed by atoms with E-state index in [4.69, 9.17) is 0 Å². The predicted octanol–water partition coefficient (Wildman–Crippen LogP) is 3.00. The van der Waals surface area contributed by atoms with Crippen LogP contribution in [-0.2, 0) is 16.4 Å². The molecule has 1 aliphatic rings. The number of rotatable bonds is 7.